The fraction of sp³-hybridized carbons (Fsp3) is 0.769. The van der Waals surface area contributed by atoms with Gasteiger partial charge in [-0.1, -0.05) is 13.3 Å². The van der Waals surface area contributed by atoms with E-state index in [1.807, 2.05) is 13.0 Å². The van der Waals surface area contributed by atoms with Crippen molar-refractivity contribution in [2.24, 2.45) is 0 Å². The number of nitrogens with one attached hydrogen (secondary N) is 1. The number of carbonyl (C=O) groups is 1. The fourth-order valence-corrected chi connectivity index (χ4v) is 1.94. The van der Waals surface area contributed by atoms with Crippen LogP contribution in [0, 0.1) is 0 Å². The second-order valence-electron chi connectivity index (χ2n) is 4.26. The van der Waals surface area contributed by atoms with Crippen molar-refractivity contribution in [3.05, 3.63) is 11.6 Å². The van der Waals surface area contributed by atoms with Crippen molar-refractivity contribution in [2.75, 3.05) is 26.9 Å². The zero-order valence-electron chi connectivity index (χ0n) is 10.8. The van der Waals surface area contributed by atoms with Crippen molar-refractivity contribution < 1.29 is 14.3 Å². The van der Waals surface area contributed by atoms with Gasteiger partial charge in [-0.05, 0) is 31.9 Å². The molecular formula is C13H23NO3. The Hall–Kier alpha value is -0.870. The van der Waals surface area contributed by atoms with Crippen LogP contribution < -0.4 is 5.32 Å². The zero-order valence-corrected chi connectivity index (χ0v) is 10.8. The molecule has 0 spiro atoms. The molecule has 98 valence electrons. The third-order valence-corrected chi connectivity index (χ3v) is 3.01. The third kappa shape index (κ3) is 5.33. The first-order valence-electron chi connectivity index (χ1n) is 6.36. The van der Waals surface area contributed by atoms with Crippen LogP contribution in [0.1, 0.15) is 32.6 Å². The number of piperidine rings is 1. The molecule has 0 aliphatic carbocycles. The van der Waals surface area contributed by atoms with Gasteiger partial charge >= 0.3 is 5.97 Å². The number of hydrogen-bond donors (Lipinski definition) is 1. The van der Waals surface area contributed by atoms with Crippen molar-refractivity contribution >= 4 is 5.97 Å². The van der Waals surface area contributed by atoms with E-state index in [-0.39, 0.29) is 5.97 Å². The summed E-state index contributed by atoms with van der Waals surface area (Å²) in [4.78, 5) is 11.3. The van der Waals surface area contributed by atoms with Gasteiger partial charge in [-0.2, -0.15) is 0 Å². The predicted octanol–water partition coefficient (Wildman–Crippen LogP) is 1.65. The molecule has 17 heavy (non-hydrogen) atoms. The summed E-state index contributed by atoms with van der Waals surface area (Å²) in [5.74, 6) is -0.258. The van der Waals surface area contributed by atoms with Gasteiger partial charge in [0.15, 0.2) is 0 Å². The van der Waals surface area contributed by atoms with E-state index in [4.69, 9.17) is 4.74 Å². The molecule has 0 aromatic rings. The molecule has 1 saturated heterocycles. The average Bonchev–Trinajstić information content (AvgIpc) is 2.39. The quantitative estimate of drug-likeness (QED) is 0.436. The minimum Gasteiger partial charge on any atom is -0.466 e. The Morgan fingerprint density at radius 1 is 1.47 bits per heavy atom. The summed E-state index contributed by atoms with van der Waals surface area (Å²) in [6, 6.07) is 0.473. The monoisotopic (exact) mass is 241 g/mol. The van der Waals surface area contributed by atoms with Crippen molar-refractivity contribution in [1.82, 2.24) is 5.32 Å². The molecular weight excluding hydrogens is 218 g/mol. The van der Waals surface area contributed by atoms with Gasteiger partial charge in [0.25, 0.3) is 0 Å². The largest absolute Gasteiger partial charge is 0.466 e. The molecule has 1 N–H and O–H groups in total. The van der Waals surface area contributed by atoms with Crippen LogP contribution in [0.25, 0.3) is 0 Å². The molecule has 1 fully saturated rings. The zero-order chi connectivity index (χ0) is 12.5. The first-order chi connectivity index (χ1) is 8.27. The van der Waals surface area contributed by atoms with E-state index < -0.39 is 0 Å². The van der Waals surface area contributed by atoms with Gasteiger partial charge in [0.1, 0.15) is 0 Å². The lowest BCUT2D eigenvalue weighted by Gasteiger charge is -2.22. The molecule has 1 aliphatic rings. The summed E-state index contributed by atoms with van der Waals surface area (Å²) in [6.07, 6.45) is 6.21. The van der Waals surface area contributed by atoms with Gasteiger partial charge in [0, 0.05) is 11.6 Å². The maximum Gasteiger partial charge on any atom is 0.333 e. The maximum atomic E-state index is 11.3. The summed E-state index contributed by atoms with van der Waals surface area (Å²) >= 11 is 0. The Morgan fingerprint density at radius 2 is 2.29 bits per heavy atom. The number of esters is 1. The van der Waals surface area contributed by atoms with E-state index in [2.05, 4.69) is 10.1 Å². The van der Waals surface area contributed by atoms with Crippen molar-refractivity contribution in [3.63, 3.8) is 0 Å². The van der Waals surface area contributed by atoms with Crippen molar-refractivity contribution in [1.29, 1.82) is 0 Å². The summed E-state index contributed by atoms with van der Waals surface area (Å²) in [5, 5.41) is 3.42. The molecule has 4 nitrogen and oxygen atoms in total. The first kappa shape index (κ1) is 14.2. The van der Waals surface area contributed by atoms with Crippen LogP contribution in [0.4, 0.5) is 0 Å². The molecule has 0 aromatic heterocycles. The highest BCUT2D eigenvalue weighted by atomic mass is 16.5. The SMILES string of the molecule is CCC(=CCOCC1CCCCN1)C(=O)OC. The van der Waals surface area contributed by atoms with Gasteiger partial charge in [0.05, 0.1) is 20.3 Å². The molecule has 1 rings (SSSR count). The van der Waals surface area contributed by atoms with Gasteiger partial charge in [0.2, 0.25) is 0 Å². The van der Waals surface area contributed by atoms with Crippen LogP contribution >= 0.6 is 0 Å². The van der Waals surface area contributed by atoms with Crippen LogP contribution in [-0.4, -0.2) is 38.9 Å². The van der Waals surface area contributed by atoms with E-state index in [9.17, 15) is 4.79 Å². The highest BCUT2D eigenvalue weighted by Gasteiger charge is 2.12. The Labute approximate surface area is 103 Å². The minimum absolute atomic E-state index is 0.258. The second-order valence-corrected chi connectivity index (χ2v) is 4.26. The van der Waals surface area contributed by atoms with E-state index >= 15 is 0 Å². The summed E-state index contributed by atoms with van der Waals surface area (Å²) < 4.78 is 10.2. The van der Waals surface area contributed by atoms with Gasteiger partial charge in [-0.15, -0.1) is 0 Å². The standard InChI is InChI=1S/C13H23NO3/c1-3-11(13(15)16-2)7-9-17-10-12-6-4-5-8-14-12/h7,12,14H,3-6,8-10H2,1-2H3. The minimum atomic E-state index is -0.258. The molecule has 1 aliphatic heterocycles. The van der Waals surface area contributed by atoms with Gasteiger partial charge < -0.3 is 14.8 Å². The summed E-state index contributed by atoms with van der Waals surface area (Å²) in [6.45, 7) is 4.23. The second kappa shape index (κ2) is 8.25. The number of rotatable bonds is 6. The Bertz CT molecular complexity index is 257. The molecule has 1 heterocycles. The Balaban J connectivity index is 2.20. The Morgan fingerprint density at radius 3 is 2.88 bits per heavy atom. The van der Waals surface area contributed by atoms with Crippen molar-refractivity contribution in [2.45, 2.75) is 38.6 Å². The van der Waals surface area contributed by atoms with Crippen LogP contribution in [0.15, 0.2) is 11.6 Å². The molecule has 4 heteroatoms. The van der Waals surface area contributed by atoms with Gasteiger partial charge in [-0.3, -0.25) is 0 Å². The van der Waals surface area contributed by atoms with Crippen LogP contribution in [-0.2, 0) is 14.3 Å². The average molecular weight is 241 g/mol. The lowest BCUT2D eigenvalue weighted by Crippen LogP contribution is -2.37. The number of hydrogen-bond acceptors (Lipinski definition) is 4. The third-order valence-electron chi connectivity index (χ3n) is 3.01. The fourth-order valence-electron chi connectivity index (χ4n) is 1.94. The number of ether oxygens (including phenoxy) is 2. The number of carbonyl (C=O) groups excluding carboxylic acids is 1. The highest BCUT2D eigenvalue weighted by molar-refractivity contribution is 5.88. The van der Waals surface area contributed by atoms with Gasteiger partial charge in [-0.25, -0.2) is 4.79 Å². The molecule has 0 saturated carbocycles. The van der Waals surface area contributed by atoms with E-state index in [1.165, 1.54) is 26.4 Å². The molecule has 0 aromatic carbocycles. The lowest BCUT2D eigenvalue weighted by molar-refractivity contribution is -0.136. The van der Waals surface area contributed by atoms with E-state index in [0.29, 0.717) is 31.2 Å². The molecule has 0 radical (unpaired) electrons. The smallest absolute Gasteiger partial charge is 0.333 e. The topological polar surface area (TPSA) is 47.6 Å². The maximum absolute atomic E-state index is 11.3. The predicted molar refractivity (Wildman–Crippen MR) is 66.9 cm³/mol. The molecule has 0 amide bonds. The number of methoxy groups -OCH3 is 1. The van der Waals surface area contributed by atoms with E-state index in [0.717, 1.165) is 6.54 Å². The molecule has 1 unspecified atom stereocenters. The normalized spacial score (nSPS) is 21.3. The van der Waals surface area contributed by atoms with Crippen LogP contribution in [0.3, 0.4) is 0 Å². The first-order valence-corrected chi connectivity index (χ1v) is 6.36. The Kier molecular flexibility index (Phi) is 6.89. The lowest BCUT2D eigenvalue weighted by atomic mass is 10.1. The van der Waals surface area contributed by atoms with Crippen molar-refractivity contribution in [3.8, 4) is 0 Å². The molecule has 1 atom stereocenters. The molecule has 0 bridgehead atoms. The van der Waals surface area contributed by atoms with Crippen LogP contribution in [0.2, 0.25) is 0 Å². The van der Waals surface area contributed by atoms with E-state index in [1.54, 1.807) is 0 Å². The summed E-state index contributed by atoms with van der Waals surface area (Å²) in [5.41, 5.74) is 0.684. The summed E-state index contributed by atoms with van der Waals surface area (Å²) in [7, 11) is 1.40. The highest BCUT2D eigenvalue weighted by Crippen LogP contribution is 2.07. The van der Waals surface area contributed by atoms with Crippen LogP contribution in [0.5, 0.6) is 0 Å².